The summed E-state index contributed by atoms with van der Waals surface area (Å²) in [5.74, 6) is -0.191. The Morgan fingerprint density at radius 3 is 2.69 bits per heavy atom. The number of hydrogen-bond donors (Lipinski definition) is 2. The minimum atomic E-state index is -4.78. The Labute approximate surface area is 164 Å². The molecule has 0 aliphatic heterocycles. The number of carbonyl (C=O) groups excluding carboxylic acids is 1. The largest absolute Gasteiger partial charge is 0.573 e. The number of carbonyl (C=O) groups is 1. The predicted octanol–water partition coefficient (Wildman–Crippen LogP) is 3.51. The summed E-state index contributed by atoms with van der Waals surface area (Å²) in [6.07, 6.45) is -3.08. The lowest BCUT2D eigenvalue weighted by Gasteiger charge is -2.10. The van der Waals surface area contributed by atoms with Gasteiger partial charge in [0.2, 0.25) is 5.91 Å². The van der Waals surface area contributed by atoms with Gasteiger partial charge in [-0.1, -0.05) is 6.07 Å². The highest BCUT2D eigenvalue weighted by Crippen LogP contribution is 2.27. The maximum Gasteiger partial charge on any atom is 0.573 e. The Morgan fingerprint density at radius 1 is 1.21 bits per heavy atom. The molecule has 0 aliphatic rings. The SMILES string of the molecule is CNC(=O)Cc1cc(Nc2cccc(OC(F)(F)F)c2)nn1-c1ccnc(C)c1. The Morgan fingerprint density at radius 2 is 2.00 bits per heavy atom. The quantitative estimate of drug-likeness (QED) is 0.656. The van der Waals surface area contributed by atoms with Crippen LogP contribution in [0.15, 0.2) is 48.7 Å². The smallest absolute Gasteiger partial charge is 0.406 e. The zero-order valence-corrected chi connectivity index (χ0v) is 15.6. The number of nitrogens with one attached hydrogen (secondary N) is 2. The average molecular weight is 405 g/mol. The Balaban J connectivity index is 1.91. The first-order valence-electron chi connectivity index (χ1n) is 8.59. The summed E-state index contributed by atoms with van der Waals surface area (Å²) >= 11 is 0. The summed E-state index contributed by atoms with van der Waals surface area (Å²) < 4.78 is 42.8. The number of rotatable bonds is 6. The van der Waals surface area contributed by atoms with E-state index in [1.165, 1.54) is 25.2 Å². The van der Waals surface area contributed by atoms with E-state index in [0.29, 0.717) is 22.9 Å². The van der Waals surface area contributed by atoms with E-state index < -0.39 is 6.36 Å². The summed E-state index contributed by atoms with van der Waals surface area (Å²) in [4.78, 5) is 16.0. The third-order valence-electron chi connectivity index (χ3n) is 3.87. The van der Waals surface area contributed by atoms with Crippen LogP contribution in [0.3, 0.4) is 0 Å². The van der Waals surface area contributed by atoms with Gasteiger partial charge in [-0.2, -0.15) is 0 Å². The van der Waals surface area contributed by atoms with E-state index in [9.17, 15) is 18.0 Å². The number of aryl methyl sites for hydroxylation is 1. The van der Waals surface area contributed by atoms with Crippen molar-refractivity contribution in [1.29, 1.82) is 0 Å². The minimum Gasteiger partial charge on any atom is -0.406 e. The number of ether oxygens (including phenoxy) is 1. The number of benzene rings is 1. The van der Waals surface area contributed by atoms with Gasteiger partial charge >= 0.3 is 6.36 Å². The first-order chi connectivity index (χ1) is 13.7. The van der Waals surface area contributed by atoms with Crippen LogP contribution in [0.2, 0.25) is 0 Å². The van der Waals surface area contributed by atoms with Gasteiger partial charge in [-0.3, -0.25) is 9.78 Å². The monoisotopic (exact) mass is 405 g/mol. The highest BCUT2D eigenvalue weighted by Gasteiger charge is 2.31. The molecule has 0 saturated heterocycles. The molecule has 0 bridgehead atoms. The molecule has 1 aromatic carbocycles. The van der Waals surface area contributed by atoms with Crippen LogP contribution in [0.1, 0.15) is 11.4 Å². The van der Waals surface area contributed by atoms with Crippen molar-refractivity contribution >= 4 is 17.4 Å². The van der Waals surface area contributed by atoms with Crippen LogP contribution in [0, 0.1) is 6.92 Å². The summed E-state index contributed by atoms with van der Waals surface area (Å²) in [7, 11) is 1.53. The van der Waals surface area contributed by atoms with Gasteiger partial charge in [-0.05, 0) is 31.2 Å². The van der Waals surface area contributed by atoms with Gasteiger partial charge in [0, 0.05) is 36.8 Å². The van der Waals surface area contributed by atoms with Crippen LogP contribution in [-0.2, 0) is 11.2 Å². The van der Waals surface area contributed by atoms with E-state index >= 15 is 0 Å². The normalized spacial score (nSPS) is 11.2. The van der Waals surface area contributed by atoms with Crippen molar-refractivity contribution in [1.82, 2.24) is 20.1 Å². The third-order valence-corrected chi connectivity index (χ3v) is 3.87. The lowest BCUT2D eigenvalue weighted by molar-refractivity contribution is -0.274. The molecule has 0 radical (unpaired) electrons. The first-order valence-corrected chi connectivity index (χ1v) is 8.59. The van der Waals surface area contributed by atoms with Gasteiger partial charge in [-0.25, -0.2) is 4.68 Å². The standard InChI is InChI=1S/C19H18F3N5O2/c1-12-8-14(6-7-24-12)27-15(11-18(28)23-2)10-17(26-27)25-13-4-3-5-16(9-13)29-19(20,21)22/h3-10H,11H2,1-2H3,(H,23,28)(H,25,26). The van der Waals surface area contributed by atoms with Crippen molar-refractivity contribution in [3.8, 4) is 11.4 Å². The van der Waals surface area contributed by atoms with E-state index in [0.717, 1.165) is 5.69 Å². The molecule has 0 spiro atoms. The fourth-order valence-corrected chi connectivity index (χ4v) is 2.66. The number of aromatic nitrogens is 3. The Hall–Kier alpha value is -3.56. The lowest BCUT2D eigenvalue weighted by Crippen LogP contribution is -2.21. The first kappa shape index (κ1) is 20.2. The molecule has 0 saturated carbocycles. The van der Waals surface area contributed by atoms with Gasteiger partial charge in [-0.15, -0.1) is 18.3 Å². The van der Waals surface area contributed by atoms with E-state index in [1.807, 2.05) is 13.0 Å². The number of halogens is 3. The van der Waals surface area contributed by atoms with Crippen molar-refractivity contribution in [3.63, 3.8) is 0 Å². The van der Waals surface area contributed by atoms with Crippen molar-refractivity contribution in [2.75, 3.05) is 12.4 Å². The Bertz CT molecular complexity index is 1020. The van der Waals surface area contributed by atoms with Crippen molar-refractivity contribution in [3.05, 3.63) is 60.0 Å². The predicted molar refractivity (Wildman–Crippen MR) is 100 cm³/mol. The maximum atomic E-state index is 12.4. The van der Waals surface area contributed by atoms with Gasteiger partial charge in [0.1, 0.15) is 5.75 Å². The lowest BCUT2D eigenvalue weighted by atomic mass is 10.2. The maximum absolute atomic E-state index is 12.4. The number of alkyl halides is 3. The van der Waals surface area contributed by atoms with Crippen molar-refractivity contribution in [2.24, 2.45) is 0 Å². The van der Waals surface area contributed by atoms with Crippen LogP contribution >= 0.6 is 0 Å². The molecule has 2 N–H and O–H groups in total. The Kier molecular flexibility index (Phi) is 5.71. The summed E-state index contributed by atoms with van der Waals surface area (Å²) in [6.45, 7) is 1.83. The molecule has 2 aromatic heterocycles. The molecule has 152 valence electrons. The minimum absolute atomic E-state index is 0.0732. The number of amides is 1. The van der Waals surface area contributed by atoms with Crippen LogP contribution in [-0.4, -0.2) is 34.1 Å². The topological polar surface area (TPSA) is 81.1 Å². The van der Waals surface area contributed by atoms with Crippen LogP contribution in [0.4, 0.5) is 24.7 Å². The van der Waals surface area contributed by atoms with E-state index in [1.54, 1.807) is 29.1 Å². The van der Waals surface area contributed by atoms with Gasteiger partial charge < -0.3 is 15.4 Å². The zero-order valence-electron chi connectivity index (χ0n) is 15.6. The number of hydrogen-bond acceptors (Lipinski definition) is 5. The molecule has 0 atom stereocenters. The second kappa shape index (κ2) is 8.21. The van der Waals surface area contributed by atoms with Crippen molar-refractivity contribution in [2.45, 2.75) is 19.7 Å². The highest BCUT2D eigenvalue weighted by atomic mass is 19.4. The molecular formula is C19H18F3N5O2. The molecule has 0 aliphatic carbocycles. The number of anilines is 2. The fourth-order valence-electron chi connectivity index (χ4n) is 2.66. The van der Waals surface area contributed by atoms with Gasteiger partial charge in [0.15, 0.2) is 5.82 Å². The highest BCUT2D eigenvalue weighted by molar-refractivity contribution is 5.78. The number of nitrogens with zero attached hydrogens (tertiary/aromatic N) is 3. The van der Waals surface area contributed by atoms with E-state index in [-0.39, 0.29) is 18.1 Å². The number of pyridine rings is 1. The van der Waals surface area contributed by atoms with Gasteiger partial charge in [0.05, 0.1) is 17.8 Å². The molecular weight excluding hydrogens is 387 g/mol. The summed E-state index contributed by atoms with van der Waals surface area (Å²) in [5.41, 5.74) is 2.43. The molecule has 29 heavy (non-hydrogen) atoms. The molecule has 3 aromatic rings. The molecule has 2 heterocycles. The molecule has 1 amide bonds. The fraction of sp³-hybridized carbons (Fsp3) is 0.211. The van der Waals surface area contributed by atoms with Crippen molar-refractivity contribution < 1.29 is 22.7 Å². The molecule has 7 nitrogen and oxygen atoms in total. The zero-order chi connectivity index (χ0) is 21.0. The van der Waals surface area contributed by atoms with Gasteiger partial charge in [0.25, 0.3) is 0 Å². The third kappa shape index (κ3) is 5.47. The second-order valence-corrected chi connectivity index (χ2v) is 6.14. The average Bonchev–Trinajstić information content (AvgIpc) is 3.02. The van der Waals surface area contributed by atoms with E-state index in [4.69, 9.17) is 0 Å². The van der Waals surface area contributed by atoms with Crippen LogP contribution < -0.4 is 15.4 Å². The summed E-state index contributed by atoms with van der Waals surface area (Å²) in [5, 5.41) is 9.94. The van der Waals surface area contributed by atoms with Crippen LogP contribution in [0.5, 0.6) is 5.75 Å². The number of likely N-dealkylation sites (N-methyl/N-ethyl adjacent to an activating group) is 1. The van der Waals surface area contributed by atoms with Crippen LogP contribution in [0.25, 0.3) is 5.69 Å². The van der Waals surface area contributed by atoms with E-state index in [2.05, 4.69) is 25.5 Å². The second-order valence-electron chi connectivity index (χ2n) is 6.14. The molecule has 0 fully saturated rings. The summed E-state index contributed by atoms with van der Waals surface area (Å²) in [6, 6.07) is 10.6. The molecule has 3 rings (SSSR count). The molecule has 0 unspecified atom stereocenters. The molecule has 10 heteroatoms.